The molecule has 0 radical (unpaired) electrons. The number of thiophene rings is 1. The summed E-state index contributed by atoms with van der Waals surface area (Å²) in [5.41, 5.74) is 7.74. The summed E-state index contributed by atoms with van der Waals surface area (Å²) < 4.78 is 1.56. The molecule has 3 rings (SSSR count). The maximum Gasteiger partial charge on any atom is 0.277 e. The largest absolute Gasteiger partial charge is 0.365 e. The fourth-order valence-electron chi connectivity index (χ4n) is 3.01. The minimum Gasteiger partial charge on any atom is -0.365 e. The molecule has 2 aromatic rings. The van der Waals surface area contributed by atoms with Gasteiger partial charge in [-0.15, -0.1) is 11.3 Å². The summed E-state index contributed by atoms with van der Waals surface area (Å²) in [6.45, 7) is 4.27. The molecular formula is C16H19N5O3S. The first-order valence-corrected chi connectivity index (χ1v) is 8.61. The zero-order valence-electron chi connectivity index (χ0n) is 14.3. The maximum absolute atomic E-state index is 12.5. The van der Waals surface area contributed by atoms with Gasteiger partial charge in [-0.1, -0.05) is 0 Å². The van der Waals surface area contributed by atoms with Gasteiger partial charge in [-0.25, -0.2) is 0 Å². The van der Waals surface area contributed by atoms with Crippen molar-refractivity contribution in [3.05, 3.63) is 33.5 Å². The summed E-state index contributed by atoms with van der Waals surface area (Å²) in [7, 11) is 1.73. The number of carbonyl (C=O) groups excluding carboxylic acids is 3. The van der Waals surface area contributed by atoms with Crippen molar-refractivity contribution in [1.29, 1.82) is 0 Å². The van der Waals surface area contributed by atoms with Crippen LogP contribution in [0.15, 0.2) is 6.20 Å². The van der Waals surface area contributed by atoms with Crippen LogP contribution in [-0.4, -0.2) is 38.9 Å². The van der Waals surface area contributed by atoms with Crippen LogP contribution in [0.5, 0.6) is 0 Å². The highest BCUT2D eigenvalue weighted by Crippen LogP contribution is 2.37. The van der Waals surface area contributed by atoms with E-state index in [2.05, 4.69) is 10.4 Å². The van der Waals surface area contributed by atoms with Gasteiger partial charge < -0.3 is 16.0 Å². The van der Waals surface area contributed by atoms with Gasteiger partial charge in [0, 0.05) is 37.2 Å². The lowest BCUT2D eigenvalue weighted by Crippen LogP contribution is -2.34. The number of nitrogens with zero attached hydrogens (tertiary/aromatic N) is 3. The first kappa shape index (κ1) is 17.2. The summed E-state index contributed by atoms with van der Waals surface area (Å²) in [5.74, 6) is -0.987. The molecule has 0 aliphatic carbocycles. The Labute approximate surface area is 148 Å². The van der Waals surface area contributed by atoms with Crippen LogP contribution >= 0.6 is 11.3 Å². The second kappa shape index (κ2) is 6.32. The first-order valence-electron chi connectivity index (χ1n) is 7.79. The van der Waals surface area contributed by atoms with Gasteiger partial charge in [-0.05, 0) is 18.9 Å². The standard InChI is InChI=1S/C16H19N5O3S/c1-8-6-20(3)19-13(8)15(24)18-16-12(14(17)23)10-4-5-21(9(2)22)7-11(10)25-16/h6H,4-5,7H2,1-3H3,(H2,17,23)(H,18,24). The summed E-state index contributed by atoms with van der Waals surface area (Å²) >= 11 is 1.29. The lowest BCUT2D eigenvalue weighted by Gasteiger charge is -2.25. The third-order valence-electron chi connectivity index (χ3n) is 4.20. The zero-order valence-corrected chi connectivity index (χ0v) is 15.1. The Morgan fingerprint density at radius 2 is 2.08 bits per heavy atom. The van der Waals surface area contributed by atoms with E-state index in [9.17, 15) is 14.4 Å². The number of hydrogen-bond acceptors (Lipinski definition) is 5. The molecule has 0 fully saturated rings. The molecule has 0 saturated heterocycles. The van der Waals surface area contributed by atoms with E-state index < -0.39 is 5.91 Å². The van der Waals surface area contributed by atoms with Crippen LogP contribution in [0.3, 0.4) is 0 Å². The summed E-state index contributed by atoms with van der Waals surface area (Å²) in [4.78, 5) is 38.6. The van der Waals surface area contributed by atoms with Gasteiger partial charge in [-0.2, -0.15) is 5.10 Å². The van der Waals surface area contributed by atoms with E-state index in [1.807, 2.05) is 0 Å². The minimum atomic E-state index is -0.582. The van der Waals surface area contributed by atoms with Gasteiger partial charge in [0.2, 0.25) is 5.91 Å². The Morgan fingerprint density at radius 1 is 1.36 bits per heavy atom. The van der Waals surface area contributed by atoms with Crippen molar-refractivity contribution in [2.24, 2.45) is 12.8 Å². The van der Waals surface area contributed by atoms with Crippen LogP contribution in [0.2, 0.25) is 0 Å². The van der Waals surface area contributed by atoms with Crippen molar-refractivity contribution in [1.82, 2.24) is 14.7 Å². The number of aromatic nitrogens is 2. The van der Waals surface area contributed by atoms with Crippen molar-refractivity contribution in [3.63, 3.8) is 0 Å². The summed E-state index contributed by atoms with van der Waals surface area (Å²) in [6, 6.07) is 0. The number of fused-ring (bicyclic) bond motifs is 1. The molecule has 3 heterocycles. The van der Waals surface area contributed by atoms with E-state index in [1.165, 1.54) is 18.3 Å². The van der Waals surface area contributed by atoms with Crippen molar-refractivity contribution >= 4 is 34.1 Å². The molecule has 3 N–H and O–H groups in total. The number of carbonyl (C=O) groups is 3. The molecule has 9 heteroatoms. The molecule has 0 saturated carbocycles. The van der Waals surface area contributed by atoms with E-state index in [0.29, 0.717) is 35.8 Å². The van der Waals surface area contributed by atoms with Crippen molar-refractivity contribution in [2.45, 2.75) is 26.8 Å². The van der Waals surface area contributed by atoms with Gasteiger partial charge in [-0.3, -0.25) is 19.1 Å². The predicted octanol–water partition coefficient (Wildman–Crippen LogP) is 1.05. The fourth-order valence-corrected chi connectivity index (χ4v) is 4.28. The summed E-state index contributed by atoms with van der Waals surface area (Å²) in [5, 5.41) is 7.32. The van der Waals surface area contributed by atoms with E-state index in [1.54, 1.807) is 29.7 Å². The molecule has 25 heavy (non-hydrogen) atoms. The average Bonchev–Trinajstić information content (AvgIpc) is 3.05. The van der Waals surface area contributed by atoms with Gasteiger partial charge >= 0.3 is 0 Å². The van der Waals surface area contributed by atoms with E-state index in [0.717, 1.165) is 16.0 Å². The summed E-state index contributed by atoms with van der Waals surface area (Å²) in [6.07, 6.45) is 2.29. The maximum atomic E-state index is 12.5. The van der Waals surface area contributed by atoms with Gasteiger partial charge in [0.15, 0.2) is 5.69 Å². The Bertz CT molecular complexity index is 883. The van der Waals surface area contributed by atoms with Crippen LogP contribution in [0, 0.1) is 6.92 Å². The molecule has 132 valence electrons. The predicted molar refractivity (Wildman–Crippen MR) is 93.5 cm³/mol. The smallest absolute Gasteiger partial charge is 0.277 e. The molecule has 2 aromatic heterocycles. The molecular weight excluding hydrogens is 342 g/mol. The number of aryl methyl sites for hydroxylation is 2. The highest BCUT2D eigenvalue weighted by Gasteiger charge is 2.29. The number of hydrogen-bond donors (Lipinski definition) is 2. The molecule has 0 spiro atoms. The topological polar surface area (TPSA) is 110 Å². The number of anilines is 1. The molecule has 1 aliphatic rings. The van der Waals surface area contributed by atoms with Crippen LogP contribution < -0.4 is 11.1 Å². The lowest BCUT2D eigenvalue weighted by molar-refractivity contribution is -0.129. The molecule has 0 aromatic carbocycles. The number of primary amides is 1. The lowest BCUT2D eigenvalue weighted by atomic mass is 10.0. The second-order valence-corrected chi connectivity index (χ2v) is 7.16. The second-order valence-electron chi connectivity index (χ2n) is 6.05. The Balaban J connectivity index is 1.94. The van der Waals surface area contributed by atoms with Crippen molar-refractivity contribution in [2.75, 3.05) is 11.9 Å². The number of amides is 3. The first-order chi connectivity index (χ1) is 11.8. The van der Waals surface area contributed by atoms with Crippen LogP contribution in [0.4, 0.5) is 5.00 Å². The normalized spacial score (nSPS) is 13.5. The third-order valence-corrected chi connectivity index (χ3v) is 5.33. The van der Waals surface area contributed by atoms with Crippen molar-refractivity contribution < 1.29 is 14.4 Å². The van der Waals surface area contributed by atoms with E-state index in [-0.39, 0.29) is 11.8 Å². The Hall–Kier alpha value is -2.68. The van der Waals surface area contributed by atoms with E-state index in [4.69, 9.17) is 5.73 Å². The average molecular weight is 361 g/mol. The molecule has 1 aliphatic heterocycles. The highest BCUT2D eigenvalue weighted by atomic mass is 32.1. The van der Waals surface area contributed by atoms with Gasteiger partial charge in [0.1, 0.15) is 5.00 Å². The van der Waals surface area contributed by atoms with Crippen LogP contribution in [0.25, 0.3) is 0 Å². The number of nitrogens with two attached hydrogens (primary N) is 1. The van der Waals surface area contributed by atoms with Gasteiger partial charge in [0.25, 0.3) is 11.8 Å². The monoisotopic (exact) mass is 361 g/mol. The molecule has 0 bridgehead atoms. The molecule has 0 unspecified atom stereocenters. The Morgan fingerprint density at radius 3 is 2.64 bits per heavy atom. The zero-order chi connectivity index (χ0) is 18.3. The van der Waals surface area contributed by atoms with E-state index >= 15 is 0 Å². The third kappa shape index (κ3) is 3.14. The minimum absolute atomic E-state index is 0.0191. The van der Waals surface area contributed by atoms with Gasteiger partial charge in [0.05, 0.1) is 12.1 Å². The SMILES string of the molecule is CC(=O)N1CCc2c(sc(NC(=O)c3nn(C)cc3C)c2C(N)=O)C1. The molecule has 0 atom stereocenters. The van der Waals surface area contributed by atoms with Crippen molar-refractivity contribution in [3.8, 4) is 0 Å². The number of nitrogens with one attached hydrogen (secondary N) is 1. The quantitative estimate of drug-likeness (QED) is 0.851. The van der Waals surface area contributed by atoms with Crippen LogP contribution in [-0.2, 0) is 24.8 Å². The highest BCUT2D eigenvalue weighted by molar-refractivity contribution is 7.17. The molecule has 3 amide bonds. The molecule has 8 nitrogen and oxygen atoms in total. The van der Waals surface area contributed by atoms with Crippen LogP contribution in [0.1, 0.15) is 43.8 Å². The fraction of sp³-hybridized carbons (Fsp3) is 0.375. The number of rotatable bonds is 3. The Kier molecular flexibility index (Phi) is 4.34.